The molecule has 2 heterocycles. The Morgan fingerprint density at radius 2 is 1.96 bits per heavy atom. The Bertz CT molecular complexity index is 643. The monoisotopic (exact) mass is 317 g/mol. The Labute approximate surface area is 136 Å². The smallest absolute Gasteiger partial charge is 0.231 e. The normalized spacial score (nSPS) is 22.7. The second-order valence-electron chi connectivity index (χ2n) is 5.93. The maximum Gasteiger partial charge on any atom is 0.231 e. The summed E-state index contributed by atoms with van der Waals surface area (Å²) in [7, 11) is 1.99. The fraction of sp³-hybridized carbons (Fsp3) is 0.500. The van der Waals surface area contributed by atoms with Crippen LogP contribution in [0.3, 0.4) is 0 Å². The molecule has 3 rings (SSSR count). The molecular formula is C16H23N5O2. The van der Waals surface area contributed by atoms with Crippen LogP contribution in [0.1, 0.15) is 19.4 Å². The number of fused-ring (bicyclic) bond motifs is 1. The van der Waals surface area contributed by atoms with Crippen LogP contribution in [-0.4, -0.2) is 49.3 Å². The van der Waals surface area contributed by atoms with Crippen LogP contribution in [0.2, 0.25) is 0 Å². The van der Waals surface area contributed by atoms with Crippen molar-refractivity contribution >= 4 is 11.9 Å². The van der Waals surface area contributed by atoms with Crippen molar-refractivity contribution in [2.45, 2.75) is 32.4 Å². The SMILES string of the molecule is CC1N=C(N)NC(N(C)CCc2ccc3c(c2)OCO3)=NC1C. The van der Waals surface area contributed by atoms with E-state index in [0.29, 0.717) is 12.8 Å². The van der Waals surface area contributed by atoms with Gasteiger partial charge in [-0.15, -0.1) is 0 Å². The van der Waals surface area contributed by atoms with Crippen molar-refractivity contribution in [3.63, 3.8) is 0 Å². The number of aliphatic imine (C=N–C) groups is 2. The van der Waals surface area contributed by atoms with E-state index in [9.17, 15) is 0 Å². The van der Waals surface area contributed by atoms with E-state index in [1.54, 1.807) is 0 Å². The third kappa shape index (κ3) is 3.49. The predicted octanol–water partition coefficient (Wildman–Crippen LogP) is 0.941. The van der Waals surface area contributed by atoms with E-state index in [1.165, 1.54) is 5.56 Å². The first-order valence-corrected chi connectivity index (χ1v) is 7.80. The zero-order valence-corrected chi connectivity index (χ0v) is 13.7. The van der Waals surface area contributed by atoms with Crippen molar-refractivity contribution in [3.8, 4) is 11.5 Å². The average Bonchev–Trinajstić information content (AvgIpc) is 2.94. The Morgan fingerprint density at radius 1 is 1.22 bits per heavy atom. The number of rotatable bonds is 3. The van der Waals surface area contributed by atoms with E-state index in [0.717, 1.165) is 30.4 Å². The summed E-state index contributed by atoms with van der Waals surface area (Å²) in [4.78, 5) is 11.1. The molecule has 124 valence electrons. The van der Waals surface area contributed by atoms with Crippen molar-refractivity contribution in [1.82, 2.24) is 10.2 Å². The fourth-order valence-corrected chi connectivity index (χ4v) is 2.50. The van der Waals surface area contributed by atoms with E-state index in [2.05, 4.69) is 26.3 Å². The lowest BCUT2D eigenvalue weighted by atomic mass is 10.1. The third-order valence-corrected chi connectivity index (χ3v) is 4.14. The molecule has 0 bridgehead atoms. The van der Waals surface area contributed by atoms with Crippen molar-refractivity contribution in [1.29, 1.82) is 0 Å². The van der Waals surface area contributed by atoms with Gasteiger partial charge in [-0.25, -0.2) is 9.98 Å². The molecule has 2 aliphatic heterocycles. The fourth-order valence-electron chi connectivity index (χ4n) is 2.50. The van der Waals surface area contributed by atoms with Gasteiger partial charge in [0, 0.05) is 13.6 Å². The summed E-state index contributed by atoms with van der Waals surface area (Å²) < 4.78 is 10.7. The third-order valence-electron chi connectivity index (χ3n) is 4.14. The zero-order chi connectivity index (χ0) is 16.4. The van der Waals surface area contributed by atoms with E-state index >= 15 is 0 Å². The molecule has 2 aliphatic rings. The number of guanidine groups is 2. The second kappa shape index (κ2) is 6.36. The number of likely N-dealkylation sites (N-methyl/N-ethyl adjacent to an activating group) is 1. The van der Waals surface area contributed by atoms with Gasteiger partial charge in [0.1, 0.15) is 0 Å². The molecule has 7 heteroatoms. The minimum Gasteiger partial charge on any atom is -0.454 e. The second-order valence-corrected chi connectivity index (χ2v) is 5.93. The minimum atomic E-state index is 0.0715. The highest BCUT2D eigenvalue weighted by atomic mass is 16.7. The highest BCUT2D eigenvalue weighted by Crippen LogP contribution is 2.32. The van der Waals surface area contributed by atoms with Gasteiger partial charge in [-0.3, -0.25) is 5.32 Å². The summed E-state index contributed by atoms with van der Waals surface area (Å²) in [6.45, 7) is 5.16. The molecule has 7 nitrogen and oxygen atoms in total. The van der Waals surface area contributed by atoms with Gasteiger partial charge >= 0.3 is 0 Å². The molecule has 0 saturated heterocycles. The van der Waals surface area contributed by atoms with Crippen molar-refractivity contribution in [3.05, 3.63) is 23.8 Å². The largest absolute Gasteiger partial charge is 0.454 e. The molecule has 0 aromatic heterocycles. The molecule has 1 aromatic rings. The van der Waals surface area contributed by atoms with E-state index in [4.69, 9.17) is 15.2 Å². The first-order valence-electron chi connectivity index (χ1n) is 7.80. The highest BCUT2D eigenvalue weighted by molar-refractivity contribution is 5.98. The van der Waals surface area contributed by atoms with Crippen molar-refractivity contribution in [2.75, 3.05) is 20.4 Å². The van der Waals surface area contributed by atoms with Crippen LogP contribution in [-0.2, 0) is 6.42 Å². The average molecular weight is 317 g/mol. The molecule has 0 saturated carbocycles. The summed E-state index contributed by atoms with van der Waals surface area (Å²) in [5, 5.41) is 3.08. The van der Waals surface area contributed by atoms with Crippen molar-refractivity contribution in [2.24, 2.45) is 15.7 Å². The topological polar surface area (TPSA) is 84.5 Å². The lowest BCUT2D eigenvalue weighted by molar-refractivity contribution is 0.174. The molecular weight excluding hydrogens is 294 g/mol. The van der Waals surface area contributed by atoms with Gasteiger partial charge in [0.2, 0.25) is 12.8 Å². The van der Waals surface area contributed by atoms with Gasteiger partial charge in [-0.05, 0) is 38.0 Å². The highest BCUT2D eigenvalue weighted by Gasteiger charge is 2.19. The molecule has 0 amide bonds. The summed E-state index contributed by atoms with van der Waals surface area (Å²) in [6.07, 6.45) is 0.870. The van der Waals surface area contributed by atoms with E-state index in [1.807, 2.05) is 33.0 Å². The molecule has 23 heavy (non-hydrogen) atoms. The molecule has 0 fully saturated rings. The van der Waals surface area contributed by atoms with Gasteiger partial charge in [0.05, 0.1) is 12.1 Å². The maximum absolute atomic E-state index is 5.89. The lowest BCUT2D eigenvalue weighted by Crippen LogP contribution is -2.45. The summed E-state index contributed by atoms with van der Waals surface area (Å²) in [5.41, 5.74) is 7.08. The minimum absolute atomic E-state index is 0.0715. The van der Waals surface area contributed by atoms with E-state index in [-0.39, 0.29) is 12.1 Å². The van der Waals surface area contributed by atoms with Crippen LogP contribution >= 0.6 is 0 Å². The predicted molar refractivity (Wildman–Crippen MR) is 90.0 cm³/mol. The van der Waals surface area contributed by atoms with Crippen LogP contribution in [0.15, 0.2) is 28.2 Å². The zero-order valence-electron chi connectivity index (χ0n) is 13.7. The number of nitrogens with zero attached hydrogens (tertiary/aromatic N) is 3. The van der Waals surface area contributed by atoms with Crippen LogP contribution in [0.5, 0.6) is 11.5 Å². The molecule has 0 spiro atoms. The molecule has 0 radical (unpaired) electrons. The first-order chi connectivity index (χ1) is 11.0. The number of benzene rings is 1. The Kier molecular flexibility index (Phi) is 4.27. The molecule has 0 aliphatic carbocycles. The summed E-state index contributed by atoms with van der Waals surface area (Å²) >= 11 is 0. The van der Waals surface area contributed by atoms with Crippen LogP contribution < -0.4 is 20.5 Å². The van der Waals surface area contributed by atoms with Crippen LogP contribution in [0.4, 0.5) is 0 Å². The molecule has 1 aromatic carbocycles. The number of hydrogen-bond donors (Lipinski definition) is 2. The molecule has 2 atom stereocenters. The number of ether oxygens (including phenoxy) is 2. The lowest BCUT2D eigenvalue weighted by Gasteiger charge is -2.22. The quantitative estimate of drug-likeness (QED) is 0.867. The number of nitrogens with two attached hydrogens (primary N) is 1. The molecule has 3 N–H and O–H groups in total. The Hall–Kier alpha value is -2.44. The van der Waals surface area contributed by atoms with Crippen LogP contribution in [0.25, 0.3) is 0 Å². The number of hydrogen-bond acceptors (Lipinski definition) is 7. The van der Waals surface area contributed by atoms with Gasteiger partial charge in [0.25, 0.3) is 0 Å². The Morgan fingerprint density at radius 3 is 2.78 bits per heavy atom. The van der Waals surface area contributed by atoms with Gasteiger partial charge < -0.3 is 20.1 Å². The van der Waals surface area contributed by atoms with E-state index < -0.39 is 0 Å². The summed E-state index contributed by atoms with van der Waals surface area (Å²) in [6, 6.07) is 6.20. The maximum atomic E-state index is 5.89. The van der Waals surface area contributed by atoms with Crippen LogP contribution in [0, 0.1) is 0 Å². The number of nitrogens with one attached hydrogen (secondary N) is 1. The standard InChI is InChI=1S/C16H23N5O2/c1-10-11(2)19-16(20-15(17)18-10)21(3)7-6-12-4-5-13-14(8-12)23-9-22-13/h4-5,8,10-11H,6-7,9H2,1-3H3,(H3,17,18,19,20). The van der Waals surface area contributed by atoms with Crippen molar-refractivity contribution < 1.29 is 9.47 Å². The summed E-state index contributed by atoms with van der Waals surface area (Å²) in [5.74, 6) is 2.79. The first kappa shape index (κ1) is 15.5. The molecule has 2 unspecified atom stereocenters. The van der Waals surface area contributed by atoms with Gasteiger partial charge in [-0.1, -0.05) is 6.07 Å². The van der Waals surface area contributed by atoms with Gasteiger partial charge in [0.15, 0.2) is 17.5 Å². The van der Waals surface area contributed by atoms with Gasteiger partial charge in [-0.2, -0.15) is 0 Å². The Balaban J connectivity index is 1.64.